The molecular weight excluding hydrogens is 406 g/mol. The van der Waals surface area contributed by atoms with Gasteiger partial charge in [-0.15, -0.1) is 0 Å². The van der Waals surface area contributed by atoms with E-state index in [9.17, 15) is 18.0 Å². The summed E-state index contributed by atoms with van der Waals surface area (Å²) in [6, 6.07) is 12.7. The smallest absolute Gasteiger partial charge is 0.248 e. The van der Waals surface area contributed by atoms with E-state index >= 15 is 0 Å². The summed E-state index contributed by atoms with van der Waals surface area (Å²) in [6.07, 6.45) is 0.864. The topological polar surface area (TPSA) is 119 Å². The molecule has 2 aromatic rings. The first-order chi connectivity index (χ1) is 14.3. The van der Waals surface area contributed by atoms with E-state index in [1.165, 1.54) is 16.4 Å². The zero-order valence-corrected chi connectivity index (χ0v) is 17.5. The summed E-state index contributed by atoms with van der Waals surface area (Å²) >= 11 is 0. The zero-order valence-electron chi connectivity index (χ0n) is 16.7. The van der Waals surface area contributed by atoms with Crippen LogP contribution in [0.15, 0.2) is 53.4 Å². The zero-order chi connectivity index (χ0) is 21.7. The van der Waals surface area contributed by atoms with Crippen molar-refractivity contribution < 1.29 is 22.7 Å². The van der Waals surface area contributed by atoms with Crippen LogP contribution >= 0.6 is 0 Å². The number of carbonyl (C=O) groups is 2. The van der Waals surface area contributed by atoms with Gasteiger partial charge in [-0.25, -0.2) is 8.42 Å². The highest BCUT2D eigenvalue weighted by Gasteiger charge is 2.32. The predicted molar refractivity (Wildman–Crippen MR) is 113 cm³/mol. The molecule has 1 aliphatic rings. The Morgan fingerprint density at radius 1 is 1.07 bits per heavy atom. The summed E-state index contributed by atoms with van der Waals surface area (Å²) in [4.78, 5) is 23.9. The van der Waals surface area contributed by atoms with Gasteiger partial charge in [0.1, 0.15) is 5.75 Å². The first-order valence-corrected chi connectivity index (χ1v) is 11.2. The van der Waals surface area contributed by atoms with Crippen LogP contribution in [-0.4, -0.2) is 44.2 Å². The molecule has 9 heteroatoms. The maximum atomic E-state index is 12.9. The molecule has 8 nitrogen and oxygen atoms in total. The summed E-state index contributed by atoms with van der Waals surface area (Å²) in [5.74, 6) is -0.364. The van der Waals surface area contributed by atoms with Gasteiger partial charge in [0.25, 0.3) is 0 Å². The van der Waals surface area contributed by atoms with Crippen molar-refractivity contribution in [2.24, 2.45) is 11.7 Å². The fraction of sp³-hybridized carbons (Fsp3) is 0.333. The Morgan fingerprint density at radius 3 is 2.20 bits per heavy atom. The van der Waals surface area contributed by atoms with Gasteiger partial charge < -0.3 is 15.8 Å². The quantitative estimate of drug-likeness (QED) is 0.697. The number of anilines is 1. The number of primary amides is 1. The van der Waals surface area contributed by atoms with Gasteiger partial charge in [0.15, 0.2) is 0 Å². The van der Waals surface area contributed by atoms with Crippen molar-refractivity contribution >= 4 is 27.5 Å². The molecule has 0 atom stereocenters. The average Bonchev–Trinajstić information content (AvgIpc) is 2.75. The molecule has 160 valence electrons. The number of carbonyl (C=O) groups excluding carboxylic acids is 2. The van der Waals surface area contributed by atoms with Crippen molar-refractivity contribution in [3.05, 3.63) is 54.1 Å². The Bertz CT molecular complexity index is 996. The lowest BCUT2D eigenvalue weighted by Gasteiger charge is -2.30. The number of piperidine rings is 1. The molecule has 1 fully saturated rings. The van der Waals surface area contributed by atoms with Crippen LogP contribution in [0.3, 0.4) is 0 Å². The Kier molecular flexibility index (Phi) is 6.73. The third-order valence-corrected chi connectivity index (χ3v) is 6.95. The van der Waals surface area contributed by atoms with Crippen molar-refractivity contribution in [3.63, 3.8) is 0 Å². The van der Waals surface area contributed by atoms with Gasteiger partial charge in [-0.1, -0.05) is 0 Å². The predicted octanol–water partition coefficient (Wildman–Crippen LogP) is 2.22. The molecule has 2 amide bonds. The van der Waals surface area contributed by atoms with Gasteiger partial charge in [-0.05, 0) is 68.3 Å². The van der Waals surface area contributed by atoms with Crippen molar-refractivity contribution in [3.8, 4) is 5.75 Å². The summed E-state index contributed by atoms with van der Waals surface area (Å²) in [6.45, 7) is 2.92. The largest absolute Gasteiger partial charge is 0.494 e. The number of nitrogens with one attached hydrogen (secondary N) is 1. The highest BCUT2D eigenvalue weighted by molar-refractivity contribution is 7.89. The van der Waals surface area contributed by atoms with Gasteiger partial charge in [0, 0.05) is 30.3 Å². The van der Waals surface area contributed by atoms with Crippen LogP contribution in [0.4, 0.5) is 5.69 Å². The van der Waals surface area contributed by atoms with Crippen molar-refractivity contribution in [1.29, 1.82) is 0 Å². The molecular formula is C21H25N3O5S. The number of nitrogens with zero attached hydrogens (tertiary/aromatic N) is 1. The Balaban J connectivity index is 1.58. The standard InChI is InChI=1S/C21H25N3O5S/c1-2-29-18-7-9-19(10-8-18)30(27,28)24-13-11-16(12-14-24)21(26)23-17-5-3-15(4-6-17)20(22)25/h3-10,16H,2,11-14H2,1H3,(H2,22,25)(H,23,26). The van der Waals surface area contributed by atoms with Crippen LogP contribution in [0.5, 0.6) is 5.75 Å². The molecule has 1 aliphatic heterocycles. The number of hydrogen-bond donors (Lipinski definition) is 2. The monoisotopic (exact) mass is 431 g/mol. The Morgan fingerprint density at radius 2 is 1.67 bits per heavy atom. The highest BCUT2D eigenvalue weighted by Crippen LogP contribution is 2.26. The van der Waals surface area contributed by atoms with Crippen LogP contribution in [-0.2, 0) is 14.8 Å². The number of hydrogen-bond acceptors (Lipinski definition) is 5. The second kappa shape index (κ2) is 9.27. The molecule has 1 heterocycles. The van der Waals surface area contributed by atoms with E-state index in [4.69, 9.17) is 10.5 Å². The van der Waals surface area contributed by atoms with E-state index in [-0.39, 0.29) is 29.8 Å². The summed E-state index contributed by atoms with van der Waals surface area (Å²) < 4.78 is 32.5. The molecule has 0 bridgehead atoms. The third kappa shape index (κ3) is 4.98. The number of sulfonamides is 1. The molecule has 3 N–H and O–H groups in total. The van der Waals surface area contributed by atoms with Crippen molar-refractivity contribution in [1.82, 2.24) is 4.31 Å². The lowest BCUT2D eigenvalue weighted by Crippen LogP contribution is -2.41. The van der Waals surface area contributed by atoms with E-state index < -0.39 is 15.9 Å². The molecule has 0 radical (unpaired) electrons. The second-order valence-electron chi connectivity index (χ2n) is 7.01. The minimum absolute atomic E-state index is 0.167. The van der Waals surface area contributed by atoms with E-state index in [2.05, 4.69) is 5.32 Å². The SMILES string of the molecule is CCOc1ccc(S(=O)(=O)N2CCC(C(=O)Nc3ccc(C(N)=O)cc3)CC2)cc1. The molecule has 1 saturated heterocycles. The normalized spacial score (nSPS) is 15.5. The minimum Gasteiger partial charge on any atom is -0.494 e. The molecule has 30 heavy (non-hydrogen) atoms. The molecule has 0 spiro atoms. The lowest BCUT2D eigenvalue weighted by atomic mass is 9.97. The molecule has 3 rings (SSSR count). The molecule has 0 unspecified atom stereocenters. The Labute approximate surface area is 176 Å². The lowest BCUT2D eigenvalue weighted by molar-refractivity contribution is -0.120. The van der Waals surface area contributed by atoms with E-state index in [1.54, 1.807) is 36.4 Å². The van der Waals surface area contributed by atoms with E-state index in [1.807, 2.05) is 6.92 Å². The number of benzene rings is 2. The van der Waals surface area contributed by atoms with Crippen LogP contribution < -0.4 is 15.8 Å². The van der Waals surface area contributed by atoms with E-state index in [0.29, 0.717) is 36.4 Å². The minimum atomic E-state index is -3.61. The maximum absolute atomic E-state index is 12.9. The fourth-order valence-electron chi connectivity index (χ4n) is 3.34. The number of ether oxygens (including phenoxy) is 1. The number of nitrogens with two attached hydrogens (primary N) is 1. The van der Waals surface area contributed by atoms with Crippen molar-refractivity contribution in [2.45, 2.75) is 24.7 Å². The molecule has 0 saturated carbocycles. The van der Waals surface area contributed by atoms with Gasteiger partial charge in [0.2, 0.25) is 21.8 Å². The summed E-state index contributed by atoms with van der Waals surface area (Å²) in [5.41, 5.74) is 6.13. The van der Waals surface area contributed by atoms with Crippen molar-refractivity contribution in [2.75, 3.05) is 25.0 Å². The summed E-state index contributed by atoms with van der Waals surface area (Å²) in [5, 5.41) is 2.81. The molecule has 0 aliphatic carbocycles. The Hall–Kier alpha value is -2.91. The first-order valence-electron chi connectivity index (χ1n) is 9.75. The van der Waals surface area contributed by atoms with Crippen LogP contribution in [0.1, 0.15) is 30.1 Å². The van der Waals surface area contributed by atoms with Gasteiger partial charge in [0.05, 0.1) is 11.5 Å². The van der Waals surface area contributed by atoms with Gasteiger partial charge >= 0.3 is 0 Å². The van der Waals surface area contributed by atoms with Crippen LogP contribution in [0.25, 0.3) is 0 Å². The fourth-order valence-corrected chi connectivity index (χ4v) is 4.81. The summed E-state index contributed by atoms with van der Waals surface area (Å²) in [7, 11) is -3.61. The van der Waals surface area contributed by atoms with E-state index in [0.717, 1.165) is 0 Å². The van der Waals surface area contributed by atoms with Gasteiger partial charge in [-0.3, -0.25) is 9.59 Å². The number of amides is 2. The molecule has 2 aromatic carbocycles. The third-order valence-electron chi connectivity index (χ3n) is 5.03. The van der Waals surface area contributed by atoms with Crippen LogP contribution in [0.2, 0.25) is 0 Å². The first kappa shape index (κ1) is 21.8. The molecule has 0 aromatic heterocycles. The second-order valence-corrected chi connectivity index (χ2v) is 8.95. The highest BCUT2D eigenvalue weighted by atomic mass is 32.2. The average molecular weight is 432 g/mol. The van der Waals surface area contributed by atoms with Gasteiger partial charge in [-0.2, -0.15) is 4.31 Å². The van der Waals surface area contributed by atoms with Crippen LogP contribution in [0, 0.1) is 5.92 Å². The number of rotatable bonds is 7. The maximum Gasteiger partial charge on any atom is 0.248 e.